The summed E-state index contributed by atoms with van der Waals surface area (Å²) in [6, 6.07) is 10.1. The van der Waals surface area contributed by atoms with E-state index < -0.39 is 0 Å². The second kappa shape index (κ2) is 8.01. The first-order valence-electron chi connectivity index (χ1n) is 9.58. The maximum absolute atomic E-state index is 13.1. The Kier molecular flexibility index (Phi) is 5.74. The molecule has 1 N–H and O–H groups in total. The third kappa shape index (κ3) is 4.21. The van der Waals surface area contributed by atoms with E-state index in [1.54, 1.807) is 0 Å². The molecule has 134 valence electrons. The molecule has 3 nitrogen and oxygen atoms in total. The Morgan fingerprint density at radius 1 is 1.36 bits per heavy atom. The number of likely N-dealkylation sites (tertiary alicyclic amines) is 1. The van der Waals surface area contributed by atoms with E-state index in [0.29, 0.717) is 0 Å². The van der Waals surface area contributed by atoms with Crippen LogP contribution in [0.1, 0.15) is 50.5 Å². The highest BCUT2D eigenvalue weighted by Crippen LogP contribution is 2.28. The van der Waals surface area contributed by atoms with Gasteiger partial charge in [-0.2, -0.15) is 0 Å². The summed E-state index contributed by atoms with van der Waals surface area (Å²) in [4.78, 5) is 18.9. The number of carbonyl (C=O) groups excluding carboxylic acids is 1. The molecule has 0 radical (unpaired) electrons. The minimum atomic E-state index is 0.0272. The highest BCUT2D eigenvalue weighted by Gasteiger charge is 2.30. The molecule has 0 spiro atoms. The fourth-order valence-corrected chi connectivity index (χ4v) is 3.84. The predicted molar refractivity (Wildman–Crippen MR) is 105 cm³/mol. The Morgan fingerprint density at radius 3 is 2.88 bits per heavy atom. The number of rotatable bonds is 6. The molecular weight excluding hydrogens is 308 g/mol. The van der Waals surface area contributed by atoms with E-state index >= 15 is 0 Å². The number of carbonyl (C=O) groups is 1. The third-order valence-corrected chi connectivity index (χ3v) is 5.33. The van der Waals surface area contributed by atoms with Gasteiger partial charge >= 0.3 is 0 Å². The molecule has 1 aliphatic heterocycles. The van der Waals surface area contributed by atoms with Crippen LogP contribution in [0.25, 0.3) is 10.9 Å². The van der Waals surface area contributed by atoms with Crippen molar-refractivity contribution in [3.05, 3.63) is 47.7 Å². The number of ketones is 1. The number of aromatic nitrogens is 1. The van der Waals surface area contributed by atoms with Crippen molar-refractivity contribution >= 4 is 16.7 Å². The van der Waals surface area contributed by atoms with Gasteiger partial charge in [0, 0.05) is 23.4 Å². The fourth-order valence-electron chi connectivity index (χ4n) is 3.84. The lowest BCUT2D eigenvalue weighted by molar-refractivity contribution is 0.0894. The van der Waals surface area contributed by atoms with Crippen molar-refractivity contribution in [2.45, 2.75) is 40.0 Å². The molecule has 1 aromatic carbocycles. The topological polar surface area (TPSA) is 36.1 Å². The number of nitrogens with zero attached hydrogens (tertiary/aromatic N) is 1. The van der Waals surface area contributed by atoms with Gasteiger partial charge in [0.05, 0.1) is 5.69 Å². The van der Waals surface area contributed by atoms with E-state index in [2.05, 4.69) is 42.8 Å². The largest absolute Gasteiger partial charge is 0.352 e. The summed E-state index contributed by atoms with van der Waals surface area (Å²) >= 11 is 0. The number of fused-ring (bicyclic) bond motifs is 1. The molecule has 2 aromatic rings. The Hall–Kier alpha value is -1.87. The second-order valence-electron chi connectivity index (χ2n) is 7.65. The van der Waals surface area contributed by atoms with Crippen molar-refractivity contribution in [3.63, 3.8) is 0 Å². The van der Waals surface area contributed by atoms with Crippen LogP contribution >= 0.6 is 0 Å². The first-order valence-corrected chi connectivity index (χ1v) is 9.58. The van der Waals surface area contributed by atoms with Crippen LogP contribution in [0.5, 0.6) is 0 Å². The Balaban J connectivity index is 1.67. The lowest BCUT2D eigenvalue weighted by atomic mass is 9.86. The van der Waals surface area contributed by atoms with Gasteiger partial charge in [0.1, 0.15) is 0 Å². The molecule has 0 aliphatic carbocycles. The summed E-state index contributed by atoms with van der Waals surface area (Å²) in [6.45, 7) is 9.73. The van der Waals surface area contributed by atoms with E-state index in [1.165, 1.54) is 18.4 Å². The zero-order valence-corrected chi connectivity index (χ0v) is 15.7. The zero-order valence-electron chi connectivity index (χ0n) is 15.7. The van der Waals surface area contributed by atoms with E-state index in [9.17, 15) is 4.79 Å². The number of piperidine rings is 1. The maximum atomic E-state index is 13.1. The summed E-state index contributed by atoms with van der Waals surface area (Å²) in [7, 11) is 0. The molecular formula is C22H30N2O. The first-order chi connectivity index (χ1) is 12.1. The fraction of sp³-hybridized carbons (Fsp3) is 0.500. The number of aromatic amines is 1. The predicted octanol–water partition coefficient (Wildman–Crippen LogP) is 5.06. The molecule has 1 saturated heterocycles. The Morgan fingerprint density at radius 2 is 2.16 bits per heavy atom. The Bertz CT molecular complexity index is 723. The minimum Gasteiger partial charge on any atom is -0.352 e. The van der Waals surface area contributed by atoms with Crippen molar-refractivity contribution in [2.75, 3.05) is 19.6 Å². The average molecular weight is 338 g/mol. The molecule has 1 aliphatic rings. The number of nitrogens with one attached hydrogen (secondary N) is 1. The van der Waals surface area contributed by atoms with Gasteiger partial charge in [-0.05, 0) is 62.9 Å². The van der Waals surface area contributed by atoms with Gasteiger partial charge in [-0.3, -0.25) is 9.69 Å². The molecule has 0 bridgehead atoms. The van der Waals surface area contributed by atoms with Crippen LogP contribution in [0.15, 0.2) is 42.0 Å². The standard InChI is InChI=1S/C22H30N2O/c1-4-17-15-24(12-7-8-16(2)3)13-11-19(17)22(25)21-14-18-9-5-6-10-20(18)23-21/h4-6,9-10,14,16,19,23H,7-8,11-13,15H2,1-3H3/b17-4-/t19-/m1/s1. The highest BCUT2D eigenvalue weighted by atomic mass is 16.1. The van der Waals surface area contributed by atoms with Crippen molar-refractivity contribution in [1.29, 1.82) is 0 Å². The van der Waals surface area contributed by atoms with E-state index in [-0.39, 0.29) is 11.7 Å². The van der Waals surface area contributed by atoms with Gasteiger partial charge < -0.3 is 4.98 Å². The smallest absolute Gasteiger partial charge is 0.186 e. The van der Waals surface area contributed by atoms with Gasteiger partial charge in [0.15, 0.2) is 5.78 Å². The normalized spacial score (nSPS) is 20.6. The maximum Gasteiger partial charge on any atom is 0.186 e. The molecule has 25 heavy (non-hydrogen) atoms. The van der Waals surface area contributed by atoms with Crippen molar-refractivity contribution < 1.29 is 4.79 Å². The lowest BCUT2D eigenvalue weighted by Crippen LogP contribution is -2.39. The lowest BCUT2D eigenvalue weighted by Gasteiger charge is -2.33. The highest BCUT2D eigenvalue weighted by molar-refractivity contribution is 6.02. The molecule has 1 fully saturated rings. The summed E-state index contributed by atoms with van der Waals surface area (Å²) < 4.78 is 0. The quantitative estimate of drug-likeness (QED) is 0.590. The molecule has 3 rings (SSSR count). The molecule has 0 unspecified atom stereocenters. The van der Waals surface area contributed by atoms with Crippen LogP contribution in [0, 0.1) is 11.8 Å². The monoisotopic (exact) mass is 338 g/mol. The average Bonchev–Trinajstić information content (AvgIpc) is 3.05. The molecule has 2 heterocycles. The SMILES string of the molecule is C/C=C1/CN(CCCC(C)C)CC[C@H]1C(=O)c1cc2ccccc2[nH]1. The molecule has 0 amide bonds. The molecule has 1 atom stereocenters. The second-order valence-corrected chi connectivity index (χ2v) is 7.65. The van der Waals surface area contributed by atoms with E-state index in [4.69, 9.17) is 0 Å². The number of benzene rings is 1. The summed E-state index contributed by atoms with van der Waals surface area (Å²) in [5.74, 6) is 1.04. The van der Waals surface area contributed by atoms with Crippen molar-refractivity contribution in [1.82, 2.24) is 9.88 Å². The number of para-hydroxylation sites is 1. The van der Waals surface area contributed by atoms with Crippen LogP contribution < -0.4 is 0 Å². The minimum absolute atomic E-state index is 0.0272. The number of allylic oxidation sites excluding steroid dienone is 1. The number of Topliss-reactive ketones (excluding diaryl/α,β-unsaturated/α-hetero) is 1. The van der Waals surface area contributed by atoms with Gasteiger partial charge in [0.2, 0.25) is 0 Å². The summed E-state index contributed by atoms with van der Waals surface area (Å²) in [5.41, 5.74) is 3.07. The number of hydrogen-bond acceptors (Lipinski definition) is 2. The van der Waals surface area contributed by atoms with E-state index in [0.717, 1.165) is 48.6 Å². The van der Waals surface area contributed by atoms with Crippen LogP contribution in [-0.2, 0) is 0 Å². The van der Waals surface area contributed by atoms with Crippen molar-refractivity contribution in [3.8, 4) is 0 Å². The van der Waals surface area contributed by atoms with E-state index in [1.807, 2.05) is 24.3 Å². The summed E-state index contributed by atoms with van der Waals surface area (Å²) in [5, 5.41) is 1.11. The molecule has 0 saturated carbocycles. The first kappa shape index (κ1) is 17.9. The molecule has 1 aromatic heterocycles. The van der Waals surface area contributed by atoms with Crippen molar-refractivity contribution in [2.24, 2.45) is 11.8 Å². The number of hydrogen-bond donors (Lipinski definition) is 1. The van der Waals surface area contributed by atoms with Crippen LogP contribution in [0.2, 0.25) is 0 Å². The molecule has 3 heteroatoms. The summed E-state index contributed by atoms with van der Waals surface area (Å²) in [6.07, 6.45) is 5.60. The number of H-pyrrole nitrogens is 1. The van der Waals surface area contributed by atoms with Gasteiger partial charge in [-0.15, -0.1) is 0 Å². The zero-order chi connectivity index (χ0) is 17.8. The Labute approximate surface area is 151 Å². The third-order valence-electron chi connectivity index (χ3n) is 5.33. The van der Waals surface area contributed by atoms with Gasteiger partial charge in [0.25, 0.3) is 0 Å². The van der Waals surface area contributed by atoms with Crippen LogP contribution in [-0.4, -0.2) is 35.3 Å². The van der Waals surface area contributed by atoms with Gasteiger partial charge in [-0.25, -0.2) is 0 Å². The van der Waals surface area contributed by atoms with Crippen LogP contribution in [0.4, 0.5) is 0 Å². The van der Waals surface area contributed by atoms with Crippen LogP contribution in [0.3, 0.4) is 0 Å². The van der Waals surface area contributed by atoms with Gasteiger partial charge in [-0.1, -0.05) is 38.1 Å².